The van der Waals surface area contributed by atoms with E-state index in [1.807, 2.05) is 0 Å². The first-order valence-corrected chi connectivity index (χ1v) is 5.82. The fourth-order valence-corrected chi connectivity index (χ4v) is 2.06. The van der Waals surface area contributed by atoms with Gasteiger partial charge in [-0.2, -0.15) is 0 Å². The molecule has 0 radical (unpaired) electrons. The number of amides is 2. The zero-order valence-electron chi connectivity index (χ0n) is 9.65. The first-order valence-electron chi connectivity index (χ1n) is 5.82. The lowest BCUT2D eigenvalue weighted by atomic mass is 9.88. The van der Waals surface area contributed by atoms with Crippen molar-refractivity contribution in [3.05, 3.63) is 0 Å². The van der Waals surface area contributed by atoms with Crippen molar-refractivity contribution in [2.45, 2.75) is 44.6 Å². The highest BCUT2D eigenvalue weighted by Gasteiger charge is 2.27. The van der Waals surface area contributed by atoms with Crippen LogP contribution in [0.2, 0.25) is 0 Å². The molecule has 1 aliphatic carbocycles. The van der Waals surface area contributed by atoms with Gasteiger partial charge < -0.3 is 16.2 Å². The minimum Gasteiger partial charge on any atom is -0.480 e. The van der Waals surface area contributed by atoms with Crippen LogP contribution in [0.15, 0.2) is 0 Å². The number of aliphatic carboxylic acids is 1. The third kappa shape index (κ3) is 4.42. The maximum Gasteiger partial charge on any atom is 0.326 e. The summed E-state index contributed by atoms with van der Waals surface area (Å²) < 4.78 is 0. The molecule has 6 heteroatoms. The second-order valence-corrected chi connectivity index (χ2v) is 4.40. The van der Waals surface area contributed by atoms with Crippen molar-refractivity contribution < 1.29 is 19.5 Å². The molecular weight excluding hydrogens is 224 g/mol. The summed E-state index contributed by atoms with van der Waals surface area (Å²) in [5.74, 6) is -2.37. The van der Waals surface area contributed by atoms with Gasteiger partial charge in [0.25, 0.3) is 0 Å². The monoisotopic (exact) mass is 242 g/mol. The lowest BCUT2D eigenvalue weighted by molar-refractivity contribution is -0.144. The van der Waals surface area contributed by atoms with Gasteiger partial charge in [0.05, 0.1) is 6.42 Å². The molecule has 0 aromatic carbocycles. The number of nitrogens with one attached hydrogen (secondary N) is 1. The number of hydrogen-bond acceptors (Lipinski definition) is 3. The highest BCUT2D eigenvalue weighted by molar-refractivity contribution is 5.88. The van der Waals surface area contributed by atoms with E-state index in [-0.39, 0.29) is 18.2 Å². The Balaban J connectivity index is 2.50. The molecule has 17 heavy (non-hydrogen) atoms. The molecule has 0 bridgehead atoms. The molecule has 1 aliphatic rings. The SMILES string of the molecule is NC(=O)C[C@H](NC(=O)C1CCCCC1)C(=O)O. The van der Waals surface area contributed by atoms with E-state index in [4.69, 9.17) is 10.8 Å². The third-order valence-corrected chi connectivity index (χ3v) is 3.00. The van der Waals surface area contributed by atoms with Gasteiger partial charge in [-0.3, -0.25) is 9.59 Å². The van der Waals surface area contributed by atoms with E-state index in [1.165, 1.54) is 0 Å². The molecule has 0 aromatic heterocycles. The quantitative estimate of drug-likeness (QED) is 0.630. The largest absolute Gasteiger partial charge is 0.480 e. The second-order valence-electron chi connectivity index (χ2n) is 4.40. The molecule has 1 fully saturated rings. The van der Waals surface area contributed by atoms with Crippen LogP contribution < -0.4 is 11.1 Å². The van der Waals surface area contributed by atoms with Crippen LogP contribution in [-0.2, 0) is 14.4 Å². The van der Waals surface area contributed by atoms with Gasteiger partial charge in [-0.25, -0.2) is 4.79 Å². The number of carboxylic acids is 1. The molecule has 96 valence electrons. The van der Waals surface area contributed by atoms with Gasteiger partial charge >= 0.3 is 5.97 Å². The van der Waals surface area contributed by atoms with Gasteiger partial charge in [0.15, 0.2) is 0 Å². The summed E-state index contributed by atoms with van der Waals surface area (Å²) in [6.45, 7) is 0. The summed E-state index contributed by atoms with van der Waals surface area (Å²) in [4.78, 5) is 33.3. The molecule has 0 heterocycles. The Labute approximate surface area is 99.6 Å². The lowest BCUT2D eigenvalue weighted by Crippen LogP contribution is -2.46. The van der Waals surface area contributed by atoms with Gasteiger partial charge in [0.2, 0.25) is 11.8 Å². The molecule has 1 saturated carbocycles. The summed E-state index contributed by atoms with van der Waals surface area (Å²) >= 11 is 0. The molecule has 2 amide bonds. The van der Waals surface area contributed by atoms with Crippen molar-refractivity contribution >= 4 is 17.8 Å². The molecule has 4 N–H and O–H groups in total. The number of nitrogens with two attached hydrogens (primary N) is 1. The van der Waals surface area contributed by atoms with E-state index in [9.17, 15) is 14.4 Å². The van der Waals surface area contributed by atoms with Crippen LogP contribution in [-0.4, -0.2) is 28.9 Å². The standard InChI is InChI=1S/C11H18N2O4/c12-9(14)6-8(11(16)17)13-10(15)7-4-2-1-3-5-7/h7-8H,1-6H2,(H2,12,14)(H,13,15)(H,16,17)/t8-/m0/s1. The lowest BCUT2D eigenvalue weighted by Gasteiger charge is -2.22. The Kier molecular flexibility index (Phi) is 4.93. The molecule has 1 rings (SSSR count). The van der Waals surface area contributed by atoms with Crippen LogP contribution in [0.5, 0.6) is 0 Å². The van der Waals surface area contributed by atoms with E-state index >= 15 is 0 Å². The Bertz CT molecular complexity index is 311. The van der Waals surface area contributed by atoms with E-state index in [1.54, 1.807) is 0 Å². The fraction of sp³-hybridized carbons (Fsp3) is 0.727. The van der Waals surface area contributed by atoms with E-state index in [0.717, 1.165) is 32.1 Å². The molecule has 0 aliphatic heterocycles. The summed E-state index contributed by atoms with van der Waals surface area (Å²) in [5, 5.41) is 11.2. The minimum absolute atomic E-state index is 0.126. The molecule has 0 unspecified atom stereocenters. The molecule has 0 saturated heterocycles. The molecular formula is C11H18N2O4. The Morgan fingerprint density at radius 1 is 1.24 bits per heavy atom. The molecule has 0 spiro atoms. The highest BCUT2D eigenvalue weighted by atomic mass is 16.4. The van der Waals surface area contributed by atoms with E-state index < -0.39 is 17.9 Å². The minimum atomic E-state index is -1.23. The Morgan fingerprint density at radius 3 is 2.29 bits per heavy atom. The van der Waals surface area contributed by atoms with Gasteiger partial charge in [-0.05, 0) is 12.8 Å². The van der Waals surface area contributed by atoms with Crippen molar-refractivity contribution in [2.75, 3.05) is 0 Å². The molecule has 0 aromatic rings. The predicted octanol–water partition coefficient (Wildman–Crippen LogP) is 0.0115. The number of rotatable bonds is 5. The van der Waals surface area contributed by atoms with Gasteiger partial charge in [-0.1, -0.05) is 19.3 Å². The number of carbonyl (C=O) groups is 3. The predicted molar refractivity (Wildman–Crippen MR) is 60.0 cm³/mol. The van der Waals surface area contributed by atoms with Crippen LogP contribution in [0.25, 0.3) is 0 Å². The van der Waals surface area contributed by atoms with Crippen molar-refractivity contribution in [1.82, 2.24) is 5.32 Å². The van der Waals surface area contributed by atoms with Crippen LogP contribution in [0, 0.1) is 5.92 Å². The van der Waals surface area contributed by atoms with E-state index in [0.29, 0.717) is 0 Å². The Morgan fingerprint density at radius 2 is 1.82 bits per heavy atom. The topological polar surface area (TPSA) is 109 Å². The normalized spacial score (nSPS) is 18.4. The van der Waals surface area contributed by atoms with Crippen LogP contribution >= 0.6 is 0 Å². The summed E-state index contributed by atoms with van der Waals surface area (Å²) in [6, 6.07) is -1.21. The van der Waals surface area contributed by atoms with Crippen LogP contribution in [0.1, 0.15) is 38.5 Å². The number of hydrogen-bond donors (Lipinski definition) is 3. The number of carbonyl (C=O) groups excluding carboxylic acids is 2. The zero-order valence-corrected chi connectivity index (χ0v) is 9.65. The van der Waals surface area contributed by atoms with Crippen molar-refractivity contribution in [3.8, 4) is 0 Å². The number of primary amides is 1. The Hall–Kier alpha value is -1.59. The second kappa shape index (κ2) is 6.22. The van der Waals surface area contributed by atoms with Crippen molar-refractivity contribution in [3.63, 3.8) is 0 Å². The van der Waals surface area contributed by atoms with Crippen molar-refractivity contribution in [2.24, 2.45) is 11.7 Å². The van der Waals surface area contributed by atoms with Crippen molar-refractivity contribution in [1.29, 1.82) is 0 Å². The number of carboxylic acid groups (broad SMARTS) is 1. The maximum absolute atomic E-state index is 11.8. The van der Waals surface area contributed by atoms with Gasteiger partial charge in [-0.15, -0.1) is 0 Å². The third-order valence-electron chi connectivity index (χ3n) is 3.00. The highest BCUT2D eigenvalue weighted by Crippen LogP contribution is 2.23. The summed E-state index contributed by atoms with van der Waals surface area (Å²) in [7, 11) is 0. The maximum atomic E-state index is 11.8. The zero-order chi connectivity index (χ0) is 12.8. The molecule has 1 atom stereocenters. The van der Waals surface area contributed by atoms with Gasteiger partial charge in [0.1, 0.15) is 6.04 Å². The molecule has 6 nitrogen and oxygen atoms in total. The first-order chi connectivity index (χ1) is 8.00. The average Bonchev–Trinajstić information content (AvgIpc) is 2.28. The smallest absolute Gasteiger partial charge is 0.326 e. The summed E-state index contributed by atoms with van der Waals surface area (Å²) in [5.41, 5.74) is 4.93. The fourth-order valence-electron chi connectivity index (χ4n) is 2.06. The van der Waals surface area contributed by atoms with Crippen LogP contribution in [0.4, 0.5) is 0 Å². The first kappa shape index (κ1) is 13.5. The van der Waals surface area contributed by atoms with Crippen LogP contribution in [0.3, 0.4) is 0 Å². The summed E-state index contributed by atoms with van der Waals surface area (Å²) in [6.07, 6.45) is 4.31. The van der Waals surface area contributed by atoms with Gasteiger partial charge in [0, 0.05) is 5.92 Å². The van der Waals surface area contributed by atoms with E-state index in [2.05, 4.69) is 5.32 Å². The average molecular weight is 242 g/mol.